The van der Waals surface area contributed by atoms with Gasteiger partial charge in [0.25, 0.3) is 0 Å². The van der Waals surface area contributed by atoms with Crippen molar-refractivity contribution in [1.82, 2.24) is 0 Å². The highest BCUT2D eigenvalue weighted by atomic mass is 16.3. The van der Waals surface area contributed by atoms with Crippen LogP contribution < -0.4 is 0 Å². The quantitative estimate of drug-likeness (QED) is 0.785. The van der Waals surface area contributed by atoms with E-state index in [1.54, 1.807) is 0 Å². The molecule has 2 rings (SSSR count). The smallest absolute Gasteiger partial charge is 0.0522 e. The first-order chi connectivity index (χ1) is 7.03. The lowest BCUT2D eigenvalue weighted by molar-refractivity contribution is 0.218. The zero-order chi connectivity index (χ0) is 11.1. The highest BCUT2D eigenvalue weighted by Crippen LogP contribution is 2.31. The molecule has 1 nitrogen and oxygen atoms in total. The van der Waals surface area contributed by atoms with Crippen LogP contribution in [0.15, 0.2) is 18.2 Å². The van der Waals surface area contributed by atoms with Crippen molar-refractivity contribution in [3.05, 3.63) is 34.9 Å². The number of hydrogen-bond acceptors (Lipinski definition) is 1. The van der Waals surface area contributed by atoms with Crippen molar-refractivity contribution < 1.29 is 5.11 Å². The molecule has 0 saturated carbocycles. The van der Waals surface area contributed by atoms with Crippen LogP contribution in [-0.4, -0.2) is 11.7 Å². The molecule has 1 aromatic carbocycles. The summed E-state index contributed by atoms with van der Waals surface area (Å²) < 4.78 is 0. The van der Waals surface area contributed by atoms with Crippen molar-refractivity contribution in [2.75, 3.05) is 6.61 Å². The van der Waals surface area contributed by atoms with Crippen LogP contribution in [0.3, 0.4) is 0 Å². The lowest BCUT2D eigenvalue weighted by Gasteiger charge is -2.23. The second-order valence-electron chi connectivity index (χ2n) is 5.54. The molecule has 0 heterocycles. The van der Waals surface area contributed by atoms with Gasteiger partial charge in [-0.15, -0.1) is 0 Å². The maximum Gasteiger partial charge on any atom is 0.0522 e. The Bertz CT molecular complexity index is 366. The van der Waals surface area contributed by atoms with E-state index in [-0.39, 0.29) is 12.0 Å². The van der Waals surface area contributed by atoms with E-state index < -0.39 is 0 Å². The number of rotatable bonds is 2. The molecule has 0 spiro atoms. The van der Waals surface area contributed by atoms with E-state index in [9.17, 15) is 5.11 Å². The van der Waals surface area contributed by atoms with Crippen LogP contribution in [0.2, 0.25) is 0 Å². The fraction of sp³-hybridized carbons (Fsp3) is 0.571. The predicted octanol–water partition coefficient (Wildman–Crippen LogP) is 2.69. The Morgan fingerprint density at radius 3 is 2.60 bits per heavy atom. The third-order valence-electron chi connectivity index (χ3n) is 3.52. The van der Waals surface area contributed by atoms with Crippen LogP contribution in [0.25, 0.3) is 0 Å². The molecule has 1 atom stereocenters. The van der Waals surface area contributed by atoms with E-state index >= 15 is 0 Å². The normalized spacial score (nSPS) is 20.4. The zero-order valence-electron chi connectivity index (χ0n) is 9.88. The van der Waals surface area contributed by atoms with Crippen molar-refractivity contribution >= 4 is 0 Å². The molecule has 1 aromatic rings. The minimum Gasteiger partial charge on any atom is -0.395 e. The van der Waals surface area contributed by atoms with Crippen LogP contribution in [0.1, 0.15) is 37.5 Å². The molecule has 0 bridgehead atoms. The second kappa shape index (κ2) is 3.64. The summed E-state index contributed by atoms with van der Waals surface area (Å²) in [6.45, 7) is 6.69. The topological polar surface area (TPSA) is 20.2 Å². The second-order valence-corrected chi connectivity index (χ2v) is 5.54. The molecular formula is C14H20O. The summed E-state index contributed by atoms with van der Waals surface area (Å²) in [5.74, 6) is 0.785. The van der Waals surface area contributed by atoms with E-state index in [1.165, 1.54) is 29.5 Å². The van der Waals surface area contributed by atoms with Crippen molar-refractivity contribution in [3.8, 4) is 0 Å². The Morgan fingerprint density at radius 2 is 1.93 bits per heavy atom. The van der Waals surface area contributed by atoms with E-state index in [2.05, 4.69) is 39.0 Å². The Hall–Kier alpha value is -0.820. The Morgan fingerprint density at radius 1 is 1.27 bits per heavy atom. The van der Waals surface area contributed by atoms with E-state index in [4.69, 9.17) is 0 Å². The minimum absolute atomic E-state index is 0.110. The number of benzene rings is 1. The first-order valence-corrected chi connectivity index (χ1v) is 5.76. The average molecular weight is 204 g/mol. The van der Waals surface area contributed by atoms with Crippen molar-refractivity contribution in [3.63, 3.8) is 0 Å². The van der Waals surface area contributed by atoms with Gasteiger partial charge in [-0.05, 0) is 35.4 Å². The predicted molar refractivity (Wildman–Crippen MR) is 63.1 cm³/mol. The standard InChI is InChI=1S/C14H20O/c1-10-6-11-4-5-13(8-12(11)7-10)14(2,3)9-15/h4-5,8,10,15H,6-7,9H2,1-3H3. The fourth-order valence-corrected chi connectivity index (χ4v) is 2.35. The van der Waals surface area contributed by atoms with E-state index in [1.807, 2.05) is 0 Å². The Labute approximate surface area is 92.1 Å². The highest BCUT2D eigenvalue weighted by molar-refractivity contribution is 5.38. The average Bonchev–Trinajstić information content (AvgIpc) is 2.56. The third kappa shape index (κ3) is 1.93. The van der Waals surface area contributed by atoms with Gasteiger partial charge in [0.05, 0.1) is 6.61 Å². The molecule has 0 radical (unpaired) electrons. The van der Waals surface area contributed by atoms with Gasteiger partial charge in [0.1, 0.15) is 0 Å². The third-order valence-corrected chi connectivity index (χ3v) is 3.52. The van der Waals surface area contributed by atoms with Crippen LogP contribution in [0.5, 0.6) is 0 Å². The molecule has 0 amide bonds. The van der Waals surface area contributed by atoms with Gasteiger partial charge in [-0.25, -0.2) is 0 Å². The number of aliphatic hydroxyl groups excluding tert-OH is 1. The summed E-state index contributed by atoms with van der Waals surface area (Å²) >= 11 is 0. The summed E-state index contributed by atoms with van der Waals surface area (Å²) in [6, 6.07) is 6.70. The fourth-order valence-electron chi connectivity index (χ4n) is 2.35. The lowest BCUT2D eigenvalue weighted by Crippen LogP contribution is -2.22. The molecule has 1 N–H and O–H groups in total. The van der Waals surface area contributed by atoms with Gasteiger partial charge in [0.2, 0.25) is 0 Å². The lowest BCUT2D eigenvalue weighted by atomic mass is 9.84. The largest absolute Gasteiger partial charge is 0.395 e. The molecule has 1 unspecified atom stereocenters. The highest BCUT2D eigenvalue weighted by Gasteiger charge is 2.23. The summed E-state index contributed by atoms with van der Waals surface area (Å²) in [6.07, 6.45) is 2.42. The van der Waals surface area contributed by atoms with Gasteiger partial charge < -0.3 is 5.11 Å². The molecular weight excluding hydrogens is 184 g/mol. The summed E-state index contributed by atoms with van der Waals surface area (Å²) in [4.78, 5) is 0. The van der Waals surface area contributed by atoms with Gasteiger partial charge in [-0.3, -0.25) is 0 Å². The monoisotopic (exact) mass is 204 g/mol. The van der Waals surface area contributed by atoms with Gasteiger partial charge in [0, 0.05) is 5.41 Å². The van der Waals surface area contributed by atoms with Gasteiger partial charge in [-0.2, -0.15) is 0 Å². The summed E-state index contributed by atoms with van der Waals surface area (Å²) in [5.41, 5.74) is 4.14. The van der Waals surface area contributed by atoms with Crippen molar-refractivity contribution in [1.29, 1.82) is 0 Å². The van der Waals surface area contributed by atoms with Crippen molar-refractivity contribution in [2.45, 2.75) is 39.0 Å². The van der Waals surface area contributed by atoms with Gasteiger partial charge in [0.15, 0.2) is 0 Å². The number of hydrogen-bond donors (Lipinski definition) is 1. The first-order valence-electron chi connectivity index (χ1n) is 5.76. The van der Waals surface area contributed by atoms with Gasteiger partial charge >= 0.3 is 0 Å². The molecule has 15 heavy (non-hydrogen) atoms. The molecule has 82 valence electrons. The number of fused-ring (bicyclic) bond motifs is 1. The molecule has 1 aliphatic rings. The summed E-state index contributed by atoms with van der Waals surface area (Å²) in [5, 5.41) is 9.35. The SMILES string of the molecule is CC1Cc2ccc(C(C)(C)CO)cc2C1. The molecule has 0 aliphatic heterocycles. The minimum atomic E-state index is -0.110. The van der Waals surface area contributed by atoms with E-state index in [0.29, 0.717) is 0 Å². The first kappa shape index (κ1) is 10.7. The van der Waals surface area contributed by atoms with Crippen LogP contribution >= 0.6 is 0 Å². The van der Waals surface area contributed by atoms with Crippen molar-refractivity contribution in [2.24, 2.45) is 5.92 Å². The Balaban J connectivity index is 2.35. The number of aliphatic hydroxyl groups is 1. The summed E-state index contributed by atoms with van der Waals surface area (Å²) in [7, 11) is 0. The van der Waals surface area contributed by atoms with E-state index in [0.717, 1.165) is 5.92 Å². The maximum absolute atomic E-state index is 9.35. The molecule has 0 fully saturated rings. The maximum atomic E-state index is 9.35. The van der Waals surface area contributed by atoms with Crippen LogP contribution in [0.4, 0.5) is 0 Å². The molecule has 1 heteroatoms. The molecule has 0 aromatic heterocycles. The van der Waals surface area contributed by atoms with Crippen LogP contribution in [0, 0.1) is 5.92 Å². The molecule has 1 aliphatic carbocycles. The zero-order valence-corrected chi connectivity index (χ0v) is 9.88. The van der Waals surface area contributed by atoms with Crippen LogP contribution in [-0.2, 0) is 18.3 Å². The molecule has 0 saturated heterocycles. The Kier molecular flexibility index (Phi) is 2.59. The van der Waals surface area contributed by atoms with Gasteiger partial charge in [-0.1, -0.05) is 39.0 Å².